The zero-order valence-electron chi connectivity index (χ0n) is 17.4. The SMILES string of the molecule is Cc1nc2ccc(C(=O)N3CCC(COc4ccc(C(C)(C)C)nn4)C3)cc2[nH]1. The zero-order chi connectivity index (χ0) is 20.6. The topological polar surface area (TPSA) is 84.0 Å². The number of ether oxygens (including phenoxy) is 1. The Kier molecular flexibility index (Phi) is 4.98. The van der Waals surface area contributed by atoms with Gasteiger partial charge in [-0.3, -0.25) is 4.79 Å². The van der Waals surface area contributed by atoms with Gasteiger partial charge in [0.25, 0.3) is 5.91 Å². The standard InChI is InChI=1S/C22H27N5O2/c1-14-23-17-6-5-16(11-18(17)24-14)21(28)27-10-9-15(12-27)13-29-20-8-7-19(25-26-20)22(2,3)4/h5-8,11,15H,9-10,12-13H2,1-4H3,(H,23,24). The lowest BCUT2D eigenvalue weighted by molar-refractivity contribution is 0.0783. The number of H-pyrrole nitrogens is 1. The van der Waals surface area contributed by atoms with Gasteiger partial charge in [0.1, 0.15) is 5.82 Å². The first-order valence-corrected chi connectivity index (χ1v) is 10.0. The number of benzene rings is 1. The molecular weight excluding hydrogens is 366 g/mol. The van der Waals surface area contributed by atoms with Crippen molar-refractivity contribution in [3.8, 4) is 5.88 Å². The van der Waals surface area contributed by atoms with Gasteiger partial charge < -0.3 is 14.6 Å². The van der Waals surface area contributed by atoms with Crippen molar-refractivity contribution in [3.63, 3.8) is 0 Å². The number of carbonyl (C=O) groups excluding carboxylic acids is 1. The van der Waals surface area contributed by atoms with Crippen molar-refractivity contribution in [1.82, 2.24) is 25.1 Å². The van der Waals surface area contributed by atoms with E-state index in [9.17, 15) is 4.79 Å². The molecule has 2 aromatic heterocycles. The molecule has 3 aromatic rings. The third kappa shape index (κ3) is 4.23. The highest BCUT2D eigenvalue weighted by Crippen LogP contribution is 2.23. The van der Waals surface area contributed by atoms with Gasteiger partial charge in [-0.05, 0) is 37.6 Å². The van der Waals surface area contributed by atoms with Crippen LogP contribution in [0.3, 0.4) is 0 Å². The number of hydrogen-bond donors (Lipinski definition) is 1. The summed E-state index contributed by atoms with van der Waals surface area (Å²) in [6.07, 6.45) is 0.921. The van der Waals surface area contributed by atoms with Crippen molar-refractivity contribution < 1.29 is 9.53 Å². The lowest BCUT2D eigenvalue weighted by Crippen LogP contribution is -2.29. The fourth-order valence-electron chi connectivity index (χ4n) is 3.61. The molecule has 1 N–H and O–H groups in total. The van der Waals surface area contributed by atoms with E-state index in [-0.39, 0.29) is 11.3 Å². The van der Waals surface area contributed by atoms with Crippen molar-refractivity contribution in [2.45, 2.75) is 39.5 Å². The Morgan fingerprint density at radius 3 is 2.79 bits per heavy atom. The maximum Gasteiger partial charge on any atom is 0.253 e. The molecule has 3 heterocycles. The smallest absolute Gasteiger partial charge is 0.253 e. The fraction of sp³-hybridized carbons (Fsp3) is 0.455. The first-order chi connectivity index (χ1) is 13.8. The molecule has 1 aromatic carbocycles. The summed E-state index contributed by atoms with van der Waals surface area (Å²) in [5.74, 6) is 1.72. The van der Waals surface area contributed by atoms with Crippen LogP contribution in [0.1, 0.15) is 49.1 Å². The monoisotopic (exact) mass is 393 g/mol. The molecule has 1 aliphatic heterocycles. The molecule has 0 radical (unpaired) electrons. The predicted molar refractivity (Wildman–Crippen MR) is 111 cm³/mol. The Morgan fingerprint density at radius 1 is 1.24 bits per heavy atom. The van der Waals surface area contributed by atoms with Crippen LogP contribution in [0.25, 0.3) is 11.0 Å². The molecule has 1 amide bonds. The van der Waals surface area contributed by atoms with Gasteiger partial charge in [-0.2, -0.15) is 5.10 Å². The van der Waals surface area contributed by atoms with Crippen LogP contribution in [0.5, 0.6) is 5.88 Å². The van der Waals surface area contributed by atoms with E-state index < -0.39 is 0 Å². The minimum absolute atomic E-state index is 0.0320. The summed E-state index contributed by atoms with van der Waals surface area (Å²) in [7, 11) is 0. The summed E-state index contributed by atoms with van der Waals surface area (Å²) < 4.78 is 5.83. The lowest BCUT2D eigenvalue weighted by atomic mass is 9.92. The molecule has 7 heteroatoms. The van der Waals surface area contributed by atoms with Crippen LogP contribution in [0.15, 0.2) is 30.3 Å². The van der Waals surface area contributed by atoms with Crippen molar-refractivity contribution in [2.24, 2.45) is 5.92 Å². The largest absolute Gasteiger partial charge is 0.476 e. The molecule has 1 unspecified atom stereocenters. The number of nitrogens with zero attached hydrogens (tertiary/aromatic N) is 4. The number of rotatable bonds is 4. The minimum atomic E-state index is -0.0320. The third-order valence-corrected chi connectivity index (χ3v) is 5.30. The highest BCUT2D eigenvalue weighted by molar-refractivity contribution is 5.97. The summed E-state index contributed by atoms with van der Waals surface area (Å²) >= 11 is 0. The zero-order valence-corrected chi connectivity index (χ0v) is 17.4. The molecule has 152 valence electrons. The molecule has 1 fully saturated rings. The Bertz CT molecular complexity index is 1020. The molecule has 0 saturated carbocycles. The molecule has 1 saturated heterocycles. The van der Waals surface area contributed by atoms with Gasteiger partial charge >= 0.3 is 0 Å². The van der Waals surface area contributed by atoms with Crippen molar-refractivity contribution in [1.29, 1.82) is 0 Å². The number of hydrogen-bond acceptors (Lipinski definition) is 5. The fourth-order valence-corrected chi connectivity index (χ4v) is 3.61. The summed E-state index contributed by atoms with van der Waals surface area (Å²) in [6.45, 7) is 10.2. The summed E-state index contributed by atoms with van der Waals surface area (Å²) in [6, 6.07) is 9.45. The Morgan fingerprint density at radius 2 is 2.07 bits per heavy atom. The van der Waals surface area contributed by atoms with Crippen LogP contribution in [-0.2, 0) is 5.41 Å². The number of likely N-dealkylation sites (tertiary alicyclic amines) is 1. The van der Waals surface area contributed by atoms with E-state index in [0.717, 1.165) is 35.5 Å². The van der Waals surface area contributed by atoms with Gasteiger partial charge in [0, 0.05) is 36.1 Å². The summed E-state index contributed by atoms with van der Waals surface area (Å²) in [4.78, 5) is 22.3. The number of aryl methyl sites for hydroxylation is 1. The van der Waals surface area contributed by atoms with Gasteiger partial charge in [-0.15, -0.1) is 5.10 Å². The van der Waals surface area contributed by atoms with Crippen molar-refractivity contribution >= 4 is 16.9 Å². The molecule has 0 bridgehead atoms. The molecule has 0 spiro atoms. The average Bonchev–Trinajstić information content (AvgIpc) is 3.30. The van der Waals surface area contributed by atoms with Crippen LogP contribution >= 0.6 is 0 Å². The highest BCUT2D eigenvalue weighted by Gasteiger charge is 2.28. The van der Waals surface area contributed by atoms with Crippen LogP contribution in [0.2, 0.25) is 0 Å². The predicted octanol–water partition coefficient (Wildman–Crippen LogP) is 3.50. The number of aromatic amines is 1. The van der Waals surface area contributed by atoms with Gasteiger partial charge in [0.15, 0.2) is 0 Å². The maximum absolute atomic E-state index is 12.9. The number of imidazole rings is 1. The van der Waals surface area contributed by atoms with E-state index in [2.05, 4.69) is 40.9 Å². The van der Waals surface area contributed by atoms with Crippen LogP contribution in [0.4, 0.5) is 0 Å². The van der Waals surface area contributed by atoms with Gasteiger partial charge in [-0.25, -0.2) is 4.98 Å². The average molecular weight is 393 g/mol. The summed E-state index contributed by atoms with van der Waals surface area (Å²) in [5, 5.41) is 8.43. The number of nitrogens with one attached hydrogen (secondary N) is 1. The van der Waals surface area contributed by atoms with Crippen LogP contribution in [-0.4, -0.2) is 50.7 Å². The van der Waals surface area contributed by atoms with Gasteiger partial charge in [0.05, 0.1) is 23.3 Å². The maximum atomic E-state index is 12.9. The van der Waals surface area contributed by atoms with Crippen LogP contribution < -0.4 is 4.74 Å². The second-order valence-electron chi connectivity index (χ2n) is 8.78. The molecule has 0 aliphatic carbocycles. The number of aromatic nitrogens is 4. The Balaban J connectivity index is 1.34. The van der Waals surface area contributed by atoms with E-state index in [1.54, 1.807) is 0 Å². The third-order valence-electron chi connectivity index (χ3n) is 5.30. The normalized spacial score (nSPS) is 17.1. The van der Waals surface area contributed by atoms with E-state index in [0.29, 0.717) is 30.5 Å². The molecule has 1 atom stereocenters. The van der Waals surface area contributed by atoms with Crippen molar-refractivity contribution in [3.05, 3.63) is 47.4 Å². The second-order valence-corrected chi connectivity index (χ2v) is 8.78. The van der Waals surface area contributed by atoms with E-state index in [1.165, 1.54) is 0 Å². The Labute approximate surface area is 170 Å². The van der Waals surface area contributed by atoms with Crippen LogP contribution in [0, 0.1) is 12.8 Å². The highest BCUT2D eigenvalue weighted by atomic mass is 16.5. The number of fused-ring (bicyclic) bond motifs is 1. The molecule has 29 heavy (non-hydrogen) atoms. The molecule has 1 aliphatic rings. The van der Waals surface area contributed by atoms with Crippen molar-refractivity contribution in [2.75, 3.05) is 19.7 Å². The molecule has 7 nitrogen and oxygen atoms in total. The second kappa shape index (κ2) is 7.46. The lowest BCUT2D eigenvalue weighted by Gasteiger charge is -2.18. The molecule has 4 rings (SSSR count). The quantitative estimate of drug-likeness (QED) is 0.733. The number of carbonyl (C=O) groups is 1. The Hall–Kier alpha value is -2.96. The van der Waals surface area contributed by atoms with E-state index in [1.807, 2.05) is 42.2 Å². The molecular formula is C22H27N5O2. The van der Waals surface area contributed by atoms with E-state index in [4.69, 9.17) is 4.74 Å². The van der Waals surface area contributed by atoms with E-state index >= 15 is 0 Å². The first kappa shape index (κ1) is 19.4. The van der Waals surface area contributed by atoms with Gasteiger partial charge in [-0.1, -0.05) is 20.8 Å². The number of amides is 1. The van der Waals surface area contributed by atoms with Gasteiger partial charge in [0.2, 0.25) is 5.88 Å². The minimum Gasteiger partial charge on any atom is -0.476 e. The summed E-state index contributed by atoms with van der Waals surface area (Å²) in [5.41, 5.74) is 3.36. The first-order valence-electron chi connectivity index (χ1n) is 10.0.